The molecule has 0 radical (unpaired) electrons. The highest BCUT2D eigenvalue weighted by Gasteiger charge is 2.22. The lowest BCUT2D eigenvalue weighted by Crippen LogP contribution is -2.19. The normalized spacial score (nSPS) is 11.2. The summed E-state index contributed by atoms with van der Waals surface area (Å²) < 4.78 is 20.0. The second-order valence-electron chi connectivity index (χ2n) is 9.55. The van der Waals surface area contributed by atoms with Crippen molar-refractivity contribution in [2.45, 2.75) is 26.4 Å². The first-order valence-corrected chi connectivity index (χ1v) is 12.6. The number of halogens is 1. The third kappa shape index (κ3) is 6.65. The van der Waals surface area contributed by atoms with Crippen LogP contribution in [0.25, 0.3) is 22.4 Å². The van der Waals surface area contributed by atoms with Crippen LogP contribution in [0, 0.1) is 6.92 Å². The van der Waals surface area contributed by atoms with E-state index in [-0.39, 0.29) is 42.0 Å². The molecule has 3 heterocycles. The lowest BCUT2D eigenvalue weighted by Gasteiger charge is -2.15. The summed E-state index contributed by atoms with van der Waals surface area (Å²) in [5.41, 5.74) is 3.19. The molecule has 40 heavy (non-hydrogen) atoms. The van der Waals surface area contributed by atoms with Gasteiger partial charge in [-0.1, -0.05) is 6.07 Å². The van der Waals surface area contributed by atoms with Crippen LogP contribution in [-0.2, 0) is 5.67 Å². The Morgan fingerprint density at radius 1 is 0.975 bits per heavy atom. The van der Waals surface area contributed by atoms with E-state index < -0.39 is 11.6 Å². The molecule has 4 rings (SSSR count). The van der Waals surface area contributed by atoms with Crippen LogP contribution < -0.4 is 15.4 Å². The van der Waals surface area contributed by atoms with Gasteiger partial charge in [0, 0.05) is 42.3 Å². The van der Waals surface area contributed by atoms with Crippen molar-refractivity contribution in [3.63, 3.8) is 0 Å². The number of rotatable bonds is 9. The van der Waals surface area contributed by atoms with Crippen LogP contribution in [0.5, 0.6) is 5.88 Å². The van der Waals surface area contributed by atoms with Gasteiger partial charge in [0.15, 0.2) is 0 Å². The number of aliphatic hydroxyl groups is 1. The molecule has 3 N–H and O–H groups in total. The topological polar surface area (TPSA) is 126 Å². The minimum Gasteiger partial charge on any atom is -0.475 e. The lowest BCUT2D eigenvalue weighted by atomic mass is 9.98. The monoisotopic (exact) mass is 543 g/mol. The van der Waals surface area contributed by atoms with Crippen molar-refractivity contribution in [1.82, 2.24) is 20.3 Å². The van der Waals surface area contributed by atoms with E-state index >= 15 is 0 Å². The van der Waals surface area contributed by atoms with Crippen LogP contribution in [0.1, 0.15) is 46.0 Å². The van der Waals surface area contributed by atoms with Gasteiger partial charge >= 0.3 is 0 Å². The fourth-order valence-electron chi connectivity index (χ4n) is 3.99. The van der Waals surface area contributed by atoms with Crippen molar-refractivity contribution >= 4 is 17.5 Å². The second-order valence-corrected chi connectivity index (χ2v) is 9.55. The van der Waals surface area contributed by atoms with Gasteiger partial charge in [-0.25, -0.2) is 9.37 Å². The minimum atomic E-state index is -1.68. The maximum atomic E-state index is 14.4. The van der Waals surface area contributed by atoms with E-state index in [1.165, 1.54) is 45.4 Å². The van der Waals surface area contributed by atoms with Gasteiger partial charge in [0.05, 0.1) is 18.0 Å². The number of benzene rings is 1. The summed E-state index contributed by atoms with van der Waals surface area (Å²) >= 11 is 0. The Morgan fingerprint density at radius 3 is 2.48 bits per heavy atom. The zero-order valence-electron chi connectivity index (χ0n) is 22.7. The number of amides is 2. The average molecular weight is 544 g/mol. The average Bonchev–Trinajstić information content (AvgIpc) is 2.96. The van der Waals surface area contributed by atoms with Crippen LogP contribution in [-0.4, -0.2) is 52.1 Å². The number of anilines is 1. The molecule has 0 bridgehead atoms. The molecule has 1 aromatic carbocycles. The molecular weight excluding hydrogens is 513 g/mol. The molecule has 0 spiro atoms. The quantitative estimate of drug-likeness (QED) is 0.279. The number of ether oxygens (including phenoxy) is 1. The Morgan fingerprint density at radius 2 is 1.75 bits per heavy atom. The fourth-order valence-corrected chi connectivity index (χ4v) is 3.99. The first kappa shape index (κ1) is 28.3. The van der Waals surface area contributed by atoms with E-state index in [1.54, 1.807) is 24.3 Å². The minimum absolute atomic E-state index is 0.0500. The zero-order valence-corrected chi connectivity index (χ0v) is 22.7. The Kier molecular flexibility index (Phi) is 8.49. The van der Waals surface area contributed by atoms with E-state index in [2.05, 4.69) is 25.6 Å². The first-order valence-electron chi connectivity index (χ1n) is 12.6. The summed E-state index contributed by atoms with van der Waals surface area (Å²) in [6.45, 7) is 4.57. The molecule has 4 aromatic rings. The first-order chi connectivity index (χ1) is 19.1. The summed E-state index contributed by atoms with van der Waals surface area (Å²) in [6.07, 6.45) is 2.94. The molecule has 2 amide bonds. The molecule has 0 aliphatic heterocycles. The van der Waals surface area contributed by atoms with Gasteiger partial charge in [-0.2, -0.15) is 0 Å². The van der Waals surface area contributed by atoms with Crippen molar-refractivity contribution in [1.29, 1.82) is 0 Å². The molecule has 0 fully saturated rings. The summed E-state index contributed by atoms with van der Waals surface area (Å²) in [5.74, 6) is -0.444. The van der Waals surface area contributed by atoms with Gasteiger partial charge in [-0.3, -0.25) is 19.6 Å². The van der Waals surface area contributed by atoms with Gasteiger partial charge in [-0.15, -0.1) is 0 Å². The molecule has 0 saturated carbocycles. The number of nitrogens with zero attached hydrogens (tertiary/aromatic N) is 3. The molecule has 0 aliphatic carbocycles. The van der Waals surface area contributed by atoms with E-state index in [1.807, 2.05) is 25.1 Å². The van der Waals surface area contributed by atoms with Crippen molar-refractivity contribution in [2.75, 3.05) is 25.6 Å². The number of carbonyl (C=O) groups is 2. The largest absolute Gasteiger partial charge is 0.475 e. The third-order valence-electron chi connectivity index (χ3n) is 6.10. The predicted molar refractivity (Wildman–Crippen MR) is 150 cm³/mol. The highest BCUT2D eigenvalue weighted by Crippen LogP contribution is 2.33. The molecule has 0 atom stereocenters. The number of carbonyl (C=O) groups excluding carboxylic acids is 2. The fraction of sp³-hybridized carbons (Fsp3) is 0.233. The van der Waals surface area contributed by atoms with Gasteiger partial charge in [-0.05, 0) is 79.9 Å². The van der Waals surface area contributed by atoms with Gasteiger partial charge in [0.2, 0.25) is 5.88 Å². The van der Waals surface area contributed by atoms with Gasteiger partial charge in [0.25, 0.3) is 11.8 Å². The van der Waals surface area contributed by atoms with Crippen molar-refractivity contribution < 1.29 is 23.8 Å². The van der Waals surface area contributed by atoms with Crippen molar-refractivity contribution in [3.05, 3.63) is 89.5 Å². The van der Waals surface area contributed by atoms with Crippen molar-refractivity contribution in [3.8, 4) is 28.3 Å². The molecule has 0 aliphatic rings. The smallest absolute Gasteiger partial charge is 0.269 e. The Balaban J connectivity index is 1.71. The number of aryl methyl sites for hydroxylation is 1. The van der Waals surface area contributed by atoms with E-state index in [4.69, 9.17) is 4.74 Å². The number of alkyl halides is 1. The van der Waals surface area contributed by atoms with Crippen molar-refractivity contribution in [2.24, 2.45) is 0 Å². The van der Waals surface area contributed by atoms with E-state index in [0.717, 1.165) is 16.7 Å². The number of hydrogen-bond acceptors (Lipinski definition) is 7. The molecule has 0 saturated heterocycles. The Labute approximate surface area is 231 Å². The predicted octanol–water partition coefficient (Wildman–Crippen LogP) is 4.70. The zero-order chi connectivity index (χ0) is 28.9. The van der Waals surface area contributed by atoms with Gasteiger partial charge in [0.1, 0.15) is 18.0 Å². The van der Waals surface area contributed by atoms with Crippen LogP contribution in [0.4, 0.5) is 10.1 Å². The summed E-state index contributed by atoms with van der Waals surface area (Å²) in [5, 5.41) is 14.7. The Hall–Kier alpha value is -4.70. The number of pyridine rings is 3. The second kappa shape index (κ2) is 12.0. The summed E-state index contributed by atoms with van der Waals surface area (Å²) in [6, 6.07) is 15.4. The van der Waals surface area contributed by atoms with Crippen LogP contribution in [0.15, 0.2) is 67.0 Å². The van der Waals surface area contributed by atoms with Crippen LogP contribution in [0.3, 0.4) is 0 Å². The number of aliphatic hydroxyl groups excluding tert-OH is 1. The number of nitrogens with one attached hydrogen (secondary N) is 2. The van der Waals surface area contributed by atoms with Crippen LogP contribution >= 0.6 is 0 Å². The number of hydrogen-bond donors (Lipinski definition) is 3. The molecule has 3 aromatic heterocycles. The molecule has 206 valence electrons. The maximum Gasteiger partial charge on any atom is 0.269 e. The Bertz CT molecular complexity index is 1550. The standard InChI is InChI=1S/C30H30FN5O4/c1-18-5-6-22(35-28(38)20-8-10-34-26(15-20)30(2,3)31)17-23(18)21-14-24(36-27(16-21)40-12-11-37)19-7-9-33-25(13-19)29(39)32-4/h5-10,13-17,37H,11-12H2,1-4H3,(H,32,39)(H,35,38). The summed E-state index contributed by atoms with van der Waals surface area (Å²) in [7, 11) is 1.53. The van der Waals surface area contributed by atoms with E-state index in [0.29, 0.717) is 16.9 Å². The number of aromatic nitrogens is 3. The molecule has 0 unspecified atom stereocenters. The van der Waals surface area contributed by atoms with Crippen LogP contribution in [0.2, 0.25) is 0 Å². The highest BCUT2D eigenvalue weighted by molar-refractivity contribution is 6.04. The maximum absolute atomic E-state index is 14.4. The SMILES string of the molecule is CNC(=O)c1cc(-c2cc(-c3cc(NC(=O)c4ccnc(C(C)(C)F)c4)ccc3C)cc(OCCO)n2)ccn1. The van der Waals surface area contributed by atoms with E-state index in [9.17, 15) is 19.1 Å². The lowest BCUT2D eigenvalue weighted by molar-refractivity contribution is 0.0957. The summed E-state index contributed by atoms with van der Waals surface area (Å²) in [4.78, 5) is 37.8. The molecule has 9 nitrogen and oxygen atoms in total. The third-order valence-corrected chi connectivity index (χ3v) is 6.10. The molecule has 10 heteroatoms. The molecular formula is C30H30FN5O4. The van der Waals surface area contributed by atoms with Gasteiger partial charge < -0.3 is 20.5 Å². The highest BCUT2D eigenvalue weighted by atomic mass is 19.1.